The van der Waals surface area contributed by atoms with Crippen molar-refractivity contribution in [3.8, 4) is 0 Å². The average molecular weight is 116 g/mol. The van der Waals surface area contributed by atoms with E-state index in [9.17, 15) is 0 Å². The zero-order valence-electron chi connectivity index (χ0n) is 5.72. The summed E-state index contributed by atoms with van der Waals surface area (Å²) in [6.07, 6.45) is 2.08. The summed E-state index contributed by atoms with van der Waals surface area (Å²) in [7, 11) is 0. The van der Waals surface area contributed by atoms with Gasteiger partial charge in [0.05, 0.1) is 0 Å². The van der Waals surface area contributed by atoms with Crippen LogP contribution in [0.3, 0.4) is 0 Å². The van der Waals surface area contributed by atoms with E-state index in [4.69, 9.17) is 11.5 Å². The van der Waals surface area contributed by atoms with Gasteiger partial charge in [-0.3, -0.25) is 0 Å². The van der Waals surface area contributed by atoms with Crippen molar-refractivity contribution in [2.24, 2.45) is 11.5 Å². The van der Waals surface area contributed by atoms with Crippen LogP contribution in [0.2, 0.25) is 0 Å². The summed E-state index contributed by atoms with van der Waals surface area (Å²) < 4.78 is 0. The van der Waals surface area contributed by atoms with Crippen molar-refractivity contribution in [3.05, 3.63) is 0 Å². The molecule has 50 valence electrons. The van der Waals surface area contributed by atoms with Gasteiger partial charge in [-0.2, -0.15) is 0 Å². The highest BCUT2D eigenvalue weighted by Gasteiger charge is 1.96. The van der Waals surface area contributed by atoms with Crippen LogP contribution in [0.25, 0.3) is 0 Å². The molecule has 0 aromatic carbocycles. The molecule has 4 N–H and O–H groups in total. The molecule has 2 heteroatoms. The number of nitrogens with two attached hydrogens (primary N) is 2. The lowest BCUT2D eigenvalue weighted by atomic mass is 10.1. The minimum atomic E-state index is 0.306. The van der Waals surface area contributed by atoms with E-state index in [0.717, 1.165) is 12.8 Å². The molecule has 0 aromatic rings. The van der Waals surface area contributed by atoms with E-state index in [0.29, 0.717) is 12.1 Å². The Morgan fingerprint density at radius 3 is 1.38 bits per heavy atom. The molecule has 8 heavy (non-hydrogen) atoms. The van der Waals surface area contributed by atoms with Crippen molar-refractivity contribution in [2.45, 2.75) is 38.8 Å². The topological polar surface area (TPSA) is 52.0 Å². The molecule has 0 fully saturated rings. The molecule has 0 spiro atoms. The van der Waals surface area contributed by atoms with Gasteiger partial charge in [-0.25, -0.2) is 0 Å². The molecule has 0 aliphatic carbocycles. The van der Waals surface area contributed by atoms with Gasteiger partial charge in [0.15, 0.2) is 0 Å². The lowest BCUT2D eigenvalue weighted by molar-refractivity contribution is 0.564. The van der Waals surface area contributed by atoms with Gasteiger partial charge in [-0.15, -0.1) is 0 Å². The first-order chi connectivity index (χ1) is 3.63. The summed E-state index contributed by atoms with van der Waals surface area (Å²) in [5.41, 5.74) is 11.0. The lowest BCUT2D eigenvalue weighted by Gasteiger charge is -2.06. The Kier molecular flexibility index (Phi) is 3.83. The van der Waals surface area contributed by atoms with Crippen LogP contribution in [0.5, 0.6) is 0 Å². The smallest absolute Gasteiger partial charge is 0.00110 e. The fourth-order valence-corrected chi connectivity index (χ4v) is 0.526. The molecule has 0 bridgehead atoms. The third-order valence-corrected chi connectivity index (χ3v) is 1.08. The molecule has 2 nitrogen and oxygen atoms in total. The standard InChI is InChI=1S/C6H16N2/c1-5(7)3-4-6(2)8/h5-6H,3-4,7-8H2,1-2H3/t5-,6-/m1/s1. The molecule has 0 radical (unpaired) electrons. The Balaban J connectivity index is 2.93. The van der Waals surface area contributed by atoms with Gasteiger partial charge in [0.1, 0.15) is 0 Å². The van der Waals surface area contributed by atoms with E-state index >= 15 is 0 Å². The Labute approximate surface area is 51.2 Å². The van der Waals surface area contributed by atoms with Crippen LogP contribution >= 0.6 is 0 Å². The molecule has 0 aliphatic heterocycles. The van der Waals surface area contributed by atoms with Gasteiger partial charge in [0, 0.05) is 12.1 Å². The largest absolute Gasteiger partial charge is 0.328 e. The van der Waals surface area contributed by atoms with Crippen LogP contribution in [0.4, 0.5) is 0 Å². The molecule has 0 amide bonds. The molecular formula is C6H16N2. The first-order valence-corrected chi connectivity index (χ1v) is 3.14. The predicted octanol–water partition coefficient (Wildman–Crippen LogP) is 0.461. The second kappa shape index (κ2) is 3.87. The molecule has 0 heterocycles. The van der Waals surface area contributed by atoms with E-state index < -0.39 is 0 Å². The third kappa shape index (κ3) is 5.92. The average Bonchev–Trinajstić information content (AvgIpc) is 1.61. The van der Waals surface area contributed by atoms with E-state index in [-0.39, 0.29) is 0 Å². The van der Waals surface area contributed by atoms with Crippen molar-refractivity contribution in [1.29, 1.82) is 0 Å². The van der Waals surface area contributed by atoms with Crippen LogP contribution in [-0.2, 0) is 0 Å². The van der Waals surface area contributed by atoms with Gasteiger partial charge in [-0.05, 0) is 26.7 Å². The van der Waals surface area contributed by atoms with Crippen LogP contribution in [0.1, 0.15) is 26.7 Å². The van der Waals surface area contributed by atoms with Crippen molar-refractivity contribution < 1.29 is 0 Å². The zero-order valence-corrected chi connectivity index (χ0v) is 5.72. The van der Waals surface area contributed by atoms with E-state index in [1.807, 2.05) is 13.8 Å². The van der Waals surface area contributed by atoms with Gasteiger partial charge in [0.25, 0.3) is 0 Å². The summed E-state index contributed by atoms with van der Waals surface area (Å²) in [6, 6.07) is 0.613. The maximum absolute atomic E-state index is 5.49. The maximum atomic E-state index is 5.49. The zero-order chi connectivity index (χ0) is 6.57. The van der Waals surface area contributed by atoms with E-state index in [2.05, 4.69) is 0 Å². The fourth-order valence-electron chi connectivity index (χ4n) is 0.526. The Morgan fingerprint density at radius 1 is 1.00 bits per heavy atom. The monoisotopic (exact) mass is 116 g/mol. The molecular weight excluding hydrogens is 100 g/mol. The first-order valence-electron chi connectivity index (χ1n) is 3.14. The van der Waals surface area contributed by atoms with Gasteiger partial charge in [-0.1, -0.05) is 0 Å². The van der Waals surface area contributed by atoms with Crippen LogP contribution < -0.4 is 11.5 Å². The van der Waals surface area contributed by atoms with Gasteiger partial charge >= 0.3 is 0 Å². The molecule has 0 saturated carbocycles. The molecule has 0 aliphatic rings. The molecule has 0 aromatic heterocycles. The molecule has 0 rings (SSSR count). The predicted molar refractivity (Wildman–Crippen MR) is 36.5 cm³/mol. The second-order valence-electron chi connectivity index (χ2n) is 2.53. The molecule has 2 atom stereocenters. The van der Waals surface area contributed by atoms with E-state index in [1.54, 1.807) is 0 Å². The van der Waals surface area contributed by atoms with Crippen LogP contribution in [-0.4, -0.2) is 12.1 Å². The normalized spacial score (nSPS) is 18.0. The van der Waals surface area contributed by atoms with Crippen molar-refractivity contribution in [2.75, 3.05) is 0 Å². The number of rotatable bonds is 3. The molecule has 0 unspecified atom stereocenters. The van der Waals surface area contributed by atoms with Crippen molar-refractivity contribution in [3.63, 3.8) is 0 Å². The van der Waals surface area contributed by atoms with Crippen molar-refractivity contribution >= 4 is 0 Å². The lowest BCUT2D eigenvalue weighted by Crippen LogP contribution is -2.21. The van der Waals surface area contributed by atoms with Crippen molar-refractivity contribution in [1.82, 2.24) is 0 Å². The number of hydrogen-bond donors (Lipinski definition) is 2. The fraction of sp³-hybridized carbons (Fsp3) is 1.00. The summed E-state index contributed by atoms with van der Waals surface area (Å²) >= 11 is 0. The summed E-state index contributed by atoms with van der Waals surface area (Å²) in [6.45, 7) is 4.00. The quantitative estimate of drug-likeness (QED) is 0.563. The summed E-state index contributed by atoms with van der Waals surface area (Å²) in [5.74, 6) is 0. The Bertz CT molecular complexity index is 42.5. The minimum Gasteiger partial charge on any atom is -0.328 e. The first kappa shape index (κ1) is 7.92. The number of hydrogen-bond acceptors (Lipinski definition) is 2. The van der Waals surface area contributed by atoms with Gasteiger partial charge < -0.3 is 11.5 Å². The summed E-state index contributed by atoms with van der Waals surface area (Å²) in [4.78, 5) is 0. The SMILES string of the molecule is C[C@@H](N)CC[C@@H](C)N. The van der Waals surface area contributed by atoms with Gasteiger partial charge in [0.2, 0.25) is 0 Å². The molecule has 0 saturated heterocycles. The highest BCUT2D eigenvalue weighted by molar-refractivity contribution is 4.58. The van der Waals surface area contributed by atoms with E-state index in [1.165, 1.54) is 0 Å². The highest BCUT2D eigenvalue weighted by Crippen LogP contribution is 1.95. The highest BCUT2D eigenvalue weighted by atomic mass is 14.6. The van der Waals surface area contributed by atoms with Crippen LogP contribution in [0, 0.1) is 0 Å². The maximum Gasteiger partial charge on any atom is 0.00110 e. The third-order valence-electron chi connectivity index (χ3n) is 1.08. The van der Waals surface area contributed by atoms with Crippen LogP contribution in [0.15, 0.2) is 0 Å². The summed E-state index contributed by atoms with van der Waals surface area (Å²) in [5, 5.41) is 0. The minimum absolute atomic E-state index is 0.306. The Morgan fingerprint density at radius 2 is 1.25 bits per heavy atom. The second-order valence-corrected chi connectivity index (χ2v) is 2.53. The Hall–Kier alpha value is -0.0800.